The lowest BCUT2D eigenvalue weighted by molar-refractivity contribution is 0.0241. The second-order valence-corrected chi connectivity index (χ2v) is 7.28. The largest absolute Gasteiger partial charge is 0.497 e. The molecule has 1 rings (SSSR count). The molecule has 0 aliphatic heterocycles. The van der Waals surface area contributed by atoms with Crippen LogP contribution in [0.15, 0.2) is 23.2 Å². The van der Waals surface area contributed by atoms with Crippen LogP contribution in [0.25, 0.3) is 0 Å². The maximum Gasteiger partial charge on any atom is 0.191 e. The zero-order chi connectivity index (χ0) is 19.7. The number of rotatable bonds is 8. The van der Waals surface area contributed by atoms with Gasteiger partial charge in [-0.1, -0.05) is 20.8 Å². The van der Waals surface area contributed by atoms with Crippen LogP contribution in [0, 0.1) is 5.41 Å². The van der Waals surface area contributed by atoms with Gasteiger partial charge in [-0.25, -0.2) is 0 Å². The molecular weight excluding hydrogens is 457 g/mol. The van der Waals surface area contributed by atoms with Gasteiger partial charge in [-0.2, -0.15) is 0 Å². The monoisotopic (exact) mass is 493 g/mol. The van der Waals surface area contributed by atoms with Gasteiger partial charge in [0.1, 0.15) is 11.5 Å². The van der Waals surface area contributed by atoms with Gasteiger partial charge in [0.25, 0.3) is 0 Å². The summed E-state index contributed by atoms with van der Waals surface area (Å²) in [6.45, 7) is 11.9. The van der Waals surface area contributed by atoms with Crippen LogP contribution in [-0.4, -0.2) is 46.5 Å². The first-order valence-corrected chi connectivity index (χ1v) is 9.06. The van der Waals surface area contributed by atoms with E-state index in [2.05, 4.69) is 38.3 Å². The first-order chi connectivity index (χ1) is 12.3. The van der Waals surface area contributed by atoms with E-state index in [1.54, 1.807) is 21.3 Å². The Kier molecular flexibility index (Phi) is 11.7. The van der Waals surface area contributed by atoms with Crippen molar-refractivity contribution in [3.05, 3.63) is 23.8 Å². The molecule has 2 unspecified atom stereocenters. The Balaban J connectivity index is 0.00000676. The van der Waals surface area contributed by atoms with E-state index < -0.39 is 0 Å². The Morgan fingerprint density at radius 3 is 2.30 bits per heavy atom. The molecule has 27 heavy (non-hydrogen) atoms. The number of nitrogens with one attached hydrogen (secondary N) is 2. The molecule has 6 nitrogen and oxygen atoms in total. The topological polar surface area (TPSA) is 64.1 Å². The van der Waals surface area contributed by atoms with E-state index in [-0.39, 0.29) is 41.5 Å². The molecule has 0 fully saturated rings. The Morgan fingerprint density at radius 1 is 1.15 bits per heavy atom. The highest BCUT2D eigenvalue weighted by atomic mass is 127. The second-order valence-electron chi connectivity index (χ2n) is 7.28. The fourth-order valence-electron chi connectivity index (χ4n) is 2.66. The van der Waals surface area contributed by atoms with E-state index in [1.165, 1.54) is 0 Å². The van der Waals surface area contributed by atoms with Crippen LogP contribution in [0.1, 0.15) is 46.2 Å². The molecule has 2 N–H and O–H groups in total. The highest BCUT2D eigenvalue weighted by molar-refractivity contribution is 14.0. The van der Waals surface area contributed by atoms with Gasteiger partial charge in [-0.3, -0.25) is 4.99 Å². The number of guanidine groups is 1. The summed E-state index contributed by atoms with van der Waals surface area (Å²) in [4.78, 5) is 4.71. The van der Waals surface area contributed by atoms with Crippen molar-refractivity contribution >= 4 is 29.9 Å². The lowest BCUT2D eigenvalue weighted by atomic mass is 9.89. The van der Waals surface area contributed by atoms with Crippen molar-refractivity contribution in [2.45, 2.75) is 46.8 Å². The number of halogens is 1. The van der Waals surface area contributed by atoms with Gasteiger partial charge in [0, 0.05) is 19.2 Å². The third-order valence-corrected chi connectivity index (χ3v) is 4.27. The van der Waals surface area contributed by atoms with Gasteiger partial charge in [0.2, 0.25) is 0 Å². The highest BCUT2D eigenvalue weighted by Gasteiger charge is 2.24. The molecule has 156 valence electrons. The maximum absolute atomic E-state index is 5.60. The van der Waals surface area contributed by atoms with Gasteiger partial charge >= 0.3 is 0 Å². The minimum Gasteiger partial charge on any atom is -0.497 e. The molecule has 0 saturated carbocycles. The third kappa shape index (κ3) is 8.13. The SMILES string of the molecule is CCNC(=NCC(OC)C(C)(C)C)NC(C)c1cc(OC)ccc1OC.I. The van der Waals surface area contributed by atoms with Gasteiger partial charge in [-0.05, 0) is 37.5 Å². The zero-order valence-electron chi connectivity index (χ0n) is 17.9. The molecule has 0 aliphatic rings. The van der Waals surface area contributed by atoms with Crippen molar-refractivity contribution < 1.29 is 14.2 Å². The van der Waals surface area contributed by atoms with E-state index in [9.17, 15) is 0 Å². The molecule has 7 heteroatoms. The highest BCUT2D eigenvalue weighted by Crippen LogP contribution is 2.29. The Labute approximate surface area is 181 Å². The Hall–Kier alpha value is -1.22. The van der Waals surface area contributed by atoms with Gasteiger partial charge < -0.3 is 24.8 Å². The third-order valence-electron chi connectivity index (χ3n) is 4.27. The lowest BCUT2D eigenvalue weighted by Gasteiger charge is -2.28. The number of aliphatic imine (C=N–C) groups is 1. The zero-order valence-corrected chi connectivity index (χ0v) is 20.2. The molecule has 2 atom stereocenters. The summed E-state index contributed by atoms with van der Waals surface area (Å²) in [5, 5.41) is 6.73. The molecule has 0 saturated heterocycles. The summed E-state index contributed by atoms with van der Waals surface area (Å²) in [6, 6.07) is 5.78. The first kappa shape index (κ1) is 25.8. The van der Waals surface area contributed by atoms with Crippen molar-refractivity contribution in [3.63, 3.8) is 0 Å². The van der Waals surface area contributed by atoms with Crippen molar-refractivity contribution in [1.29, 1.82) is 0 Å². The van der Waals surface area contributed by atoms with Crippen LogP contribution < -0.4 is 20.1 Å². The molecule has 0 radical (unpaired) electrons. The fourth-order valence-corrected chi connectivity index (χ4v) is 2.66. The molecule has 1 aromatic carbocycles. The summed E-state index contributed by atoms with van der Waals surface area (Å²) < 4.78 is 16.4. The van der Waals surface area contributed by atoms with Gasteiger partial charge in [-0.15, -0.1) is 24.0 Å². The molecule has 0 aromatic heterocycles. The first-order valence-electron chi connectivity index (χ1n) is 9.06. The smallest absolute Gasteiger partial charge is 0.191 e. The minimum absolute atomic E-state index is 0. The summed E-state index contributed by atoms with van der Waals surface area (Å²) >= 11 is 0. The van der Waals surface area contributed by atoms with E-state index in [4.69, 9.17) is 19.2 Å². The molecule has 0 aliphatic carbocycles. The van der Waals surface area contributed by atoms with Gasteiger partial charge in [0.15, 0.2) is 5.96 Å². The van der Waals surface area contributed by atoms with E-state index in [0.717, 1.165) is 29.6 Å². The normalized spacial score (nSPS) is 14.0. The maximum atomic E-state index is 5.60. The summed E-state index contributed by atoms with van der Waals surface area (Å²) in [7, 11) is 5.06. The van der Waals surface area contributed by atoms with Crippen LogP contribution in [0.2, 0.25) is 0 Å². The van der Waals surface area contributed by atoms with Crippen LogP contribution in [0.5, 0.6) is 11.5 Å². The molecule has 0 spiro atoms. The number of benzene rings is 1. The van der Waals surface area contributed by atoms with Gasteiger partial charge in [0.05, 0.1) is 32.9 Å². The standard InChI is InChI=1S/C20H35N3O3.HI/c1-9-21-19(22-13-18(26-8)20(3,4)5)23-14(2)16-12-15(24-6)10-11-17(16)25-7;/h10-12,14,18H,9,13H2,1-8H3,(H2,21,22,23);1H. The van der Waals surface area contributed by atoms with Crippen molar-refractivity contribution in [3.8, 4) is 11.5 Å². The average Bonchev–Trinajstić information content (AvgIpc) is 2.60. The molecular formula is C20H36IN3O3. The molecule has 0 bridgehead atoms. The van der Waals surface area contributed by atoms with Crippen LogP contribution in [0.4, 0.5) is 0 Å². The second kappa shape index (κ2) is 12.3. The Bertz CT molecular complexity index is 588. The average molecular weight is 493 g/mol. The van der Waals surface area contributed by atoms with Crippen molar-refractivity contribution in [2.75, 3.05) is 34.4 Å². The molecule has 0 heterocycles. The summed E-state index contributed by atoms with van der Waals surface area (Å²) in [5.74, 6) is 2.35. The van der Waals surface area contributed by atoms with Crippen LogP contribution in [0.3, 0.4) is 0 Å². The predicted octanol–water partition coefficient (Wildman–Crippen LogP) is 4.00. The number of methoxy groups -OCH3 is 3. The van der Waals surface area contributed by atoms with E-state index in [0.29, 0.717) is 6.54 Å². The fraction of sp³-hybridized carbons (Fsp3) is 0.650. The Morgan fingerprint density at radius 2 is 1.81 bits per heavy atom. The van der Waals surface area contributed by atoms with Crippen LogP contribution >= 0.6 is 24.0 Å². The number of ether oxygens (including phenoxy) is 3. The summed E-state index contributed by atoms with van der Waals surface area (Å²) in [5.41, 5.74) is 1.04. The van der Waals surface area contributed by atoms with Crippen molar-refractivity contribution in [2.24, 2.45) is 10.4 Å². The number of nitrogens with zero attached hydrogens (tertiary/aromatic N) is 1. The number of hydrogen-bond donors (Lipinski definition) is 2. The van der Waals surface area contributed by atoms with E-state index >= 15 is 0 Å². The van der Waals surface area contributed by atoms with Crippen LogP contribution in [-0.2, 0) is 4.74 Å². The minimum atomic E-state index is -0.00604. The quantitative estimate of drug-likeness (QED) is 0.326. The molecule has 1 aromatic rings. The summed E-state index contributed by atoms with van der Waals surface area (Å²) in [6.07, 6.45) is 0.0413. The van der Waals surface area contributed by atoms with Crippen molar-refractivity contribution in [1.82, 2.24) is 10.6 Å². The molecule has 0 amide bonds. The van der Waals surface area contributed by atoms with E-state index in [1.807, 2.05) is 25.1 Å². The lowest BCUT2D eigenvalue weighted by Crippen LogP contribution is -2.40. The predicted molar refractivity (Wildman–Crippen MR) is 123 cm³/mol. The number of hydrogen-bond acceptors (Lipinski definition) is 4.